The molecule has 0 bridgehead atoms. The van der Waals surface area contributed by atoms with Crippen molar-refractivity contribution in [2.75, 3.05) is 32.8 Å². The number of benzene rings is 1. The average Bonchev–Trinajstić information content (AvgIpc) is 3.01. The lowest BCUT2D eigenvalue weighted by Crippen LogP contribution is -2.36. The van der Waals surface area contributed by atoms with Crippen LogP contribution in [-0.2, 0) is 13.1 Å². The minimum absolute atomic E-state index is 0.342. The summed E-state index contributed by atoms with van der Waals surface area (Å²) >= 11 is 0. The number of nitrogens with zero attached hydrogens (tertiary/aromatic N) is 3. The van der Waals surface area contributed by atoms with E-state index in [1.165, 1.54) is 36.8 Å². The summed E-state index contributed by atoms with van der Waals surface area (Å²) in [4.78, 5) is 8.85. The molecule has 29 heavy (non-hydrogen) atoms. The molecule has 0 spiro atoms. The molecule has 1 aromatic heterocycles. The molecule has 1 N–H and O–H groups in total. The van der Waals surface area contributed by atoms with E-state index in [1.807, 2.05) is 24.5 Å². The average molecular weight is 398 g/mol. The van der Waals surface area contributed by atoms with E-state index >= 15 is 0 Å². The normalized spacial score (nSPS) is 16.5. The van der Waals surface area contributed by atoms with Gasteiger partial charge in [-0.2, -0.15) is 0 Å². The molecule has 1 aliphatic heterocycles. The van der Waals surface area contributed by atoms with Gasteiger partial charge in [0.05, 0.1) is 0 Å². The van der Waals surface area contributed by atoms with Crippen molar-refractivity contribution < 1.29 is 9.84 Å². The maximum atomic E-state index is 10.4. The summed E-state index contributed by atoms with van der Waals surface area (Å²) in [5.41, 5.74) is 2.49. The van der Waals surface area contributed by atoms with Gasteiger partial charge in [0.25, 0.3) is 0 Å². The molecule has 2 heterocycles. The van der Waals surface area contributed by atoms with Gasteiger partial charge >= 0.3 is 0 Å². The number of aromatic nitrogens is 1. The Hall–Kier alpha value is -1.95. The zero-order chi connectivity index (χ0) is 20.3. The van der Waals surface area contributed by atoms with E-state index in [1.54, 1.807) is 0 Å². The van der Waals surface area contributed by atoms with Crippen LogP contribution in [-0.4, -0.2) is 58.8 Å². The molecule has 2 aromatic rings. The van der Waals surface area contributed by atoms with Crippen LogP contribution in [0.3, 0.4) is 0 Å². The number of aliphatic hydroxyl groups is 1. The Balaban J connectivity index is 1.48. The monoisotopic (exact) mass is 397 g/mol. The van der Waals surface area contributed by atoms with Gasteiger partial charge in [-0.15, -0.1) is 0 Å². The first-order valence-electron chi connectivity index (χ1n) is 11.0. The van der Waals surface area contributed by atoms with Crippen LogP contribution in [0.25, 0.3) is 0 Å². The van der Waals surface area contributed by atoms with Gasteiger partial charge in [-0.05, 0) is 67.9 Å². The largest absolute Gasteiger partial charge is 0.491 e. The van der Waals surface area contributed by atoms with Gasteiger partial charge in [0, 0.05) is 32.0 Å². The Morgan fingerprint density at radius 3 is 2.48 bits per heavy atom. The first-order chi connectivity index (χ1) is 14.2. The highest BCUT2D eigenvalue weighted by Crippen LogP contribution is 2.17. The minimum atomic E-state index is -0.449. The van der Waals surface area contributed by atoms with Crippen LogP contribution >= 0.6 is 0 Å². The summed E-state index contributed by atoms with van der Waals surface area (Å²) in [7, 11) is 0. The quantitative estimate of drug-likeness (QED) is 0.662. The van der Waals surface area contributed by atoms with Gasteiger partial charge in [-0.1, -0.05) is 31.9 Å². The van der Waals surface area contributed by atoms with Crippen LogP contribution in [0.1, 0.15) is 43.7 Å². The van der Waals surface area contributed by atoms with Crippen LogP contribution in [0.2, 0.25) is 0 Å². The Bertz CT molecular complexity index is 702. The molecule has 1 fully saturated rings. The molecule has 1 aromatic carbocycles. The molecule has 0 amide bonds. The first-order valence-corrected chi connectivity index (χ1v) is 11.0. The third-order valence-electron chi connectivity index (χ3n) is 5.52. The minimum Gasteiger partial charge on any atom is -0.491 e. The Labute approximate surface area is 175 Å². The van der Waals surface area contributed by atoms with E-state index in [-0.39, 0.29) is 0 Å². The fourth-order valence-electron chi connectivity index (χ4n) is 3.88. The van der Waals surface area contributed by atoms with Gasteiger partial charge in [0.2, 0.25) is 0 Å². The van der Waals surface area contributed by atoms with Gasteiger partial charge in [-0.3, -0.25) is 9.88 Å². The molecular weight excluding hydrogens is 362 g/mol. The van der Waals surface area contributed by atoms with Crippen molar-refractivity contribution in [2.24, 2.45) is 0 Å². The lowest BCUT2D eigenvalue weighted by atomic mass is 10.2. The van der Waals surface area contributed by atoms with E-state index < -0.39 is 6.10 Å². The molecule has 0 saturated carbocycles. The van der Waals surface area contributed by atoms with E-state index in [0.717, 1.165) is 38.5 Å². The highest BCUT2D eigenvalue weighted by Gasteiger charge is 2.14. The van der Waals surface area contributed by atoms with Crippen molar-refractivity contribution in [1.29, 1.82) is 0 Å². The van der Waals surface area contributed by atoms with Crippen LogP contribution in [0, 0.1) is 0 Å². The second kappa shape index (κ2) is 11.9. The molecule has 5 nitrogen and oxygen atoms in total. The van der Waals surface area contributed by atoms with E-state index in [2.05, 4.69) is 46.0 Å². The molecule has 0 aliphatic carbocycles. The molecule has 1 aliphatic rings. The number of hydrogen-bond donors (Lipinski definition) is 1. The summed E-state index contributed by atoms with van der Waals surface area (Å²) in [6.45, 7) is 8.16. The van der Waals surface area contributed by atoms with Crippen molar-refractivity contribution in [3.8, 4) is 5.75 Å². The summed E-state index contributed by atoms with van der Waals surface area (Å²) in [6, 6.07) is 12.4. The Kier molecular flexibility index (Phi) is 8.93. The van der Waals surface area contributed by atoms with Crippen molar-refractivity contribution in [1.82, 2.24) is 14.8 Å². The van der Waals surface area contributed by atoms with E-state index in [9.17, 15) is 5.11 Å². The second-order valence-corrected chi connectivity index (χ2v) is 7.99. The lowest BCUT2D eigenvalue weighted by molar-refractivity contribution is 0.0693. The molecular formula is C24H35N3O2. The van der Waals surface area contributed by atoms with Crippen LogP contribution in [0.5, 0.6) is 5.75 Å². The summed E-state index contributed by atoms with van der Waals surface area (Å²) in [6.07, 6.45) is 8.34. The van der Waals surface area contributed by atoms with Crippen molar-refractivity contribution in [3.05, 3.63) is 59.9 Å². The number of β-amino-alcohol motifs (C(OH)–C–C–N with tert-alkyl or cyclic N) is 1. The Morgan fingerprint density at radius 2 is 1.76 bits per heavy atom. The number of pyridine rings is 1. The van der Waals surface area contributed by atoms with Crippen LogP contribution in [0.4, 0.5) is 0 Å². The zero-order valence-corrected chi connectivity index (χ0v) is 17.7. The third-order valence-corrected chi connectivity index (χ3v) is 5.52. The molecule has 3 rings (SSSR count). The topological polar surface area (TPSA) is 48.8 Å². The lowest BCUT2D eigenvalue weighted by Gasteiger charge is -2.23. The number of rotatable bonds is 10. The second-order valence-electron chi connectivity index (χ2n) is 7.99. The maximum absolute atomic E-state index is 10.4. The van der Waals surface area contributed by atoms with Crippen LogP contribution in [0.15, 0.2) is 48.8 Å². The third kappa shape index (κ3) is 7.77. The number of ether oxygens (including phenoxy) is 1. The summed E-state index contributed by atoms with van der Waals surface area (Å²) in [5, 5.41) is 10.4. The van der Waals surface area contributed by atoms with Crippen molar-refractivity contribution in [2.45, 2.75) is 51.8 Å². The van der Waals surface area contributed by atoms with Crippen molar-refractivity contribution >= 4 is 0 Å². The fraction of sp³-hybridized carbons (Fsp3) is 0.542. The number of hydrogen-bond acceptors (Lipinski definition) is 5. The SMILES string of the molecule is CCN(Cc1ccncc1)Cc1cccc(OC[C@@H](O)CN2CCCCCC2)c1. The molecule has 1 saturated heterocycles. The smallest absolute Gasteiger partial charge is 0.119 e. The van der Waals surface area contributed by atoms with Gasteiger partial charge in [-0.25, -0.2) is 0 Å². The molecule has 0 unspecified atom stereocenters. The number of aliphatic hydroxyl groups excluding tert-OH is 1. The molecule has 158 valence electrons. The highest BCUT2D eigenvalue weighted by molar-refractivity contribution is 5.28. The van der Waals surface area contributed by atoms with E-state index in [0.29, 0.717) is 13.2 Å². The molecule has 0 radical (unpaired) electrons. The maximum Gasteiger partial charge on any atom is 0.119 e. The van der Waals surface area contributed by atoms with E-state index in [4.69, 9.17) is 4.74 Å². The first kappa shape index (κ1) is 21.8. The highest BCUT2D eigenvalue weighted by atomic mass is 16.5. The van der Waals surface area contributed by atoms with Crippen molar-refractivity contribution in [3.63, 3.8) is 0 Å². The van der Waals surface area contributed by atoms with Gasteiger partial charge in [0.1, 0.15) is 18.5 Å². The fourth-order valence-corrected chi connectivity index (χ4v) is 3.88. The molecule has 5 heteroatoms. The Morgan fingerprint density at radius 1 is 1.03 bits per heavy atom. The zero-order valence-electron chi connectivity index (χ0n) is 17.7. The summed E-state index contributed by atoms with van der Waals surface area (Å²) < 4.78 is 5.91. The van der Waals surface area contributed by atoms with Gasteiger partial charge in [0.15, 0.2) is 0 Å². The summed E-state index contributed by atoms with van der Waals surface area (Å²) in [5.74, 6) is 0.831. The van der Waals surface area contributed by atoms with Gasteiger partial charge < -0.3 is 14.7 Å². The predicted octanol–water partition coefficient (Wildman–Crippen LogP) is 3.72. The predicted molar refractivity (Wildman–Crippen MR) is 117 cm³/mol. The standard InChI is InChI=1S/C24H35N3O2/c1-2-26(17-21-10-12-25-13-11-21)18-22-8-7-9-24(16-22)29-20-23(28)19-27-14-5-3-4-6-15-27/h7-13,16,23,28H,2-6,14-15,17-20H2,1H3/t23-/m0/s1. The molecule has 1 atom stereocenters. The number of likely N-dealkylation sites (tertiary alicyclic amines) is 1. The van der Waals surface area contributed by atoms with Crippen LogP contribution < -0.4 is 4.74 Å².